The Morgan fingerprint density at radius 2 is 1.54 bits per heavy atom. The van der Waals surface area contributed by atoms with Crippen LogP contribution in [0.5, 0.6) is 17.2 Å². The molecule has 1 fully saturated rings. The van der Waals surface area contributed by atoms with Gasteiger partial charge in [0.1, 0.15) is 17.3 Å². The molecule has 3 aromatic carbocycles. The van der Waals surface area contributed by atoms with E-state index in [0.717, 1.165) is 17.3 Å². The minimum Gasteiger partial charge on any atom is -0.483 e. The van der Waals surface area contributed by atoms with Crippen LogP contribution >= 0.6 is 24.2 Å². The van der Waals surface area contributed by atoms with E-state index in [1.807, 2.05) is 0 Å². The summed E-state index contributed by atoms with van der Waals surface area (Å²) < 4.78 is 79.0. The fraction of sp³-hybridized carbons (Fsp3) is 0.160. The number of carbonyl (C=O) groups is 2. The Morgan fingerprint density at radius 3 is 2.15 bits per heavy atom. The van der Waals surface area contributed by atoms with Crippen molar-refractivity contribution in [3.63, 3.8) is 0 Å². The molecule has 1 aliphatic heterocycles. The first kappa shape index (κ1) is 28.2. The molecule has 39 heavy (non-hydrogen) atoms. The third kappa shape index (κ3) is 5.64. The maximum absolute atomic E-state index is 14.0. The van der Waals surface area contributed by atoms with E-state index in [2.05, 4.69) is 15.3 Å². The molecule has 5 rings (SSSR count). The lowest BCUT2D eigenvalue weighted by atomic mass is 10.1. The highest BCUT2D eigenvalue weighted by Gasteiger charge is 2.31. The Balaban J connectivity index is 0.00000353. The molecular weight excluding hydrogens is 569 g/mol. The van der Waals surface area contributed by atoms with E-state index in [9.17, 15) is 31.5 Å². The number of hydrogen-bond donors (Lipinski definition) is 2. The zero-order valence-corrected chi connectivity index (χ0v) is 21.3. The van der Waals surface area contributed by atoms with Gasteiger partial charge in [0.2, 0.25) is 40.7 Å². The van der Waals surface area contributed by atoms with Gasteiger partial charge in [0.25, 0.3) is 5.24 Å². The lowest BCUT2D eigenvalue weighted by molar-refractivity contribution is -0.118. The molecule has 0 bridgehead atoms. The Bertz CT molecular complexity index is 1560. The van der Waals surface area contributed by atoms with Gasteiger partial charge in [0.05, 0.1) is 16.3 Å². The second-order valence-electron chi connectivity index (χ2n) is 8.29. The number of benzene rings is 3. The summed E-state index contributed by atoms with van der Waals surface area (Å²) in [4.78, 5) is 30.4. The van der Waals surface area contributed by atoms with Crippen LogP contribution in [0.3, 0.4) is 0 Å². The van der Waals surface area contributed by atoms with Crippen LogP contribution in [0, 0.1) is 29.1 Å². The number of hydrogen-bond acceptors (Lipinski definition) is 6. The predicted molar refractivity (Wildman–Crippen MR) is 134 cm³/mol. The van der Waals surface area contributed by atoms with E-state index in [-0.39, 0.29) is 29.3 Å². The first-order chi connectivity index (χ1) is 18.1. The summed E-state index contributed by atoms with van der Waals surface area (Å²) in [6.07, 6.45) is -0.182. The van der Waals surface area contributed by atoms with Gasteiger partial charge in [-0.1, -0.05) is 23.9 Å². The van der Waals surface area contributed by atoms with E-state index in [0.29, 0.717) is 29.0 Å². The minimum atomic E-state index is -2.28. The molecule has 4 aromatic rings. The largest absolute Gasteiger partial charge is 0.483 e. The molecule has 2 N–H and O–H groups in total. The van der Waals surface area contributed by atoms with Crippen molar-refractivity contribution in [2.45, 2.75) is 24.7 Å². The van der Waals surface area contributed by atoms with E-state index < -0.39 is 46.2 Å². The summed E-state index contributed by atoms with van der Waals surface area (Å²) in [7, 11) is 0. The molecule has 0 spiro atoms. The number of nitrogens with one attached hydrogen (secondary N) is 2. The number of rotatable bonds is 7. The van der Waals surface area contributed by atoms with E-state index >= 15 is 0 Å². The molecule has 0 saturated carbocycles. The Labute approximate surface area is 227 Å². The van der Waals surface area contributed by atoms with Crippen LogP contribution < -0.4 is 14.8 Å². The van der Waals surface area contributed by atoms with Gasteiger partial charge in [-0.3, -0.25) is 14.9 Å². The van der Waals surface area contributed by atoms with Gasteiger partial charge in [0, 0.05) is 6.07 Å². The molecule has 1 aliphatic rings. The number of amides is 2. The molecule has 2 amide bonds. The molecule has 1 saturated heterocycles. The number of halogens is 6. The third-order valence-corrected chi connectivity index (χ3v) is 6.65. The molecular formula is C25H17ClF5N3O4S. The summed E-state index contributed by atoms with van der Waals surface area (Å²) in [5.74, 6) is -11.7. The molecule has 7 nitrogen and oxygen atoms in total. The summed E-state index contributed by atoms with van der Waals surface area (Å²) in [5.41, 5.74) is 1.66. The van der Waals surface area contributed by atoms with Crippen LogP contribution in [-0.4, -0.2) is 26.4 Å². The lowest BCUT2D eigenvalue weighted by Crippen LogP contribution is -2.25. The monoisotopic (exact) mass is 585 g/mol. The topological polar surface area (TPSA) is 93.3 Å². The highest BCUT2D eigenvalue weighted by molar-refractivity contribution is 8.15. The highest BCUT2D eigenvalue weighted by Crippen LogP contribution is 2.34. The van der Waals surface area contributed by atoms with Crippen LogP contribution in [0.25, 0.3) is 11.0 Å². The van der Waals surface area contributed by atoms with Gasteiger partial charge in [-0.25, -0.2) is 18.2 Å². The molecule has 2 unspecified atom stereocenters. The van der Waals surface area contributed by atoms with Crippen LogP contribution in [0.15, 0.2) is 42.5 Å². The Hall–Kier alpha value is -3.84. The number of aromatic amines is 1. The van der Waals surface area contributed by atoms with Crippen LogP contribution in [0.1, 0.15) is 24.4 Å². The molecule has 204 valence electrons. The van der Waals surface area contributed by atoms with Crippen molar-refractivity contribution in [2.24, 2.45) is 0 Å². The van der Waals surface area contributed by atoms with Crippen molar-refractivity contribution in [3.05, 3.63) is 82.9 Å². The van der Waals surface area contributed by atoms with Gasteiger partial charge < -0.3 is 14.5 Å². The maximum atomic E-state index is 14.0. The zero-order chi connectivity index (χ0) is 27.1. The molecule has 1 aromatic heterocycles. The van der Waals surface area contributed by atoms with Crippen LogP contribution in [-0.2, 0) is 11.2 Å². The van der Waals surface area contributed by atoms with Crippen molar-refractivity contribution in [2.75, 3.05) is 0 Å². The van der Waals surface area contributed by atoms with Crippen molar-refractivity contribution < 1.29 is 41.0 Å². The third-order valence-electron chi connectivity index (χ3n) is 5.67. The van der Waals surface area contributed by atoms with E-state index in [1.54, 1.807) is 31.2 Å². The quantitative estimate of drug-likeness (QED) is 0.146. The first-order valence-electron chi connectivity index (χ1n) is 11.1. The molecule has 0 radical (unpaired) electrons. The minimum absolute atomic E-state index is 0. The number of nitrogens with zero attached hydrogens (tertiary/aromatic N) is 1. The number of fused-ring (bicyclic) bond motifs is 1. The fourth-order valence-corrected chi connectivity index (χ4v) is 4.62. The Morgan fingerprint density at radius 1 is 0.923 bits per heavy atom. The van der Waals surface area contributed by atoms with Crippen molar-refractivity contribution in [1.29, 1.82) is 0 Å². The van der Waals surface area contributed by atoms with E-state index in [4.69, 9.17) is 9.47 Å². The maximum Gasteiger partial charge on any atom is 0.286 e. The number of imidazole rings is 1. The molecule has 0 aliphatic carbocycles. The van der Waals surface area contributed by atoms with Gasteiger partial charge >= 0.3 is 0 Å². The molecule has 2 heterocycles. The average Bonchev–Trinajstić information content (AvgIpc) is 3.47. The molecule has 2 atom stereocenters. The number of imide groups is 1. The lowest BCUT2D eigenvalue weighted by Gasteiger charge is -2.13. The average molecular weight is 586 g/mol. The summed E-state index contributed by atoms with van der Waals surface area (Å²) in [6, 6.07) is 11.0. The van der Waals surface area contributed by atoms with Crippen molar-refractivity contribution in [3.8, 4) is 17.2 Å². The number of ether oxygens (including phenoxy) is 2. The fourth-order valence-electron chi connectivity index (χ4n) is 3.76. The van der Waals surface area contributed by atoms with Crippen LogP contribution in [0.2, 0.25) is 0 Å². The van der Waals surface area contributed by atoms with Gasteiger partial charge in [-0.15, -0.1) is 12.4 Å². The number of aromatic nitrogens is 2. The van der Waals surface area contributed by atoms with Crippen molar-refractivity contribution >= 4 is 46.3 Å². The number of thioether (sulfide) groups is 1. The predicted octanol–water partition coefficient (Wildman–Crippen LogP) is 6.51. The zero-order valence-electron chi connectivity index (χ0n) is 19.7. The summed E-state index contributed by atoms with van der Waals surface area (Å²) >= 11 is 0.949. The van der Waals surface area contributed by atoms with Gasteiger partial charge in [-0.05, 0) is 43.2 Å². The second kappa shape index (κ2) is 11.1. The number of carbonyl (C=O) groups excluding carboxylic acids is 2. The second-order valence-corrected chi connectivity index (χ2v) is 9.47. The number of H-pyrrole nitrogens is 1. The standard InChI is InChI=1S/C25H16F5N3O4S.ClH/c1-10(36-12-4-2-11(3-5-12)8-16-24(34)33-25(35)38-16)23-31-14-7-6-13(9-15(14)32-23)37-22-20(29)18(27)17(26)19(28)21(22)30;/h2-7,9-10,16H,8H2,1H3,(H,31,32)(H,33,34,35);1H. The van der Waals surface area contributed by atoms with Crippen molar-refractivity contribution in [1.82, 2.24) is 15.3 Å². The van der Waals surface area contributed by atoms with E-state index in [1.165, 1.54) is 18.2 Å². The van der Waals surface area contributed by atoms with Crippen LogP contribution in [0.4, 0.5) is 26.7 Å². The highest BCUT2D eigenvalue weighted by atomic mass is 35.5. The summed E-state index contributed by atoms with van der Waals surface area (Å²) in [6.45, 7) is 1.73. The normalized spacial score (nSPS) is 15.7. The molecule has 14 heteroatoms. The van der Waals surface area contributed by atoms with Gasteiger partial charge in [0.15, 0.2) is 6.10 Å². The first-order valence-corrected chi connectivity index (χ1v) is 11.9. The summed E-state index contributed by atoms with van der Waals surface area (Å²) in [5, 5.41) is 1.40. The van der Waals surface area contributed by atoms with Gasteiger partial charge in [-0.2, -0.15) is 8.78 Å². The smallest absolute Gasteiger partial charge is 0.286 e. The Kier molecular flexibility index (Phi) is 8.02. The SMILES string of the molecule is CC(Oc1ccc(CC2SC(=O)NC2=O)cc1)c1nc2ccc(Oc3c(F)c(F)c(F)c(F)c3F)cc2[nH]1.Cl.